The summed E-state index contributed by atoms with van der Waals surface area (Å²) in [5.41, 5.74) is 1.04. The first kappa shape index (κ1) is 16.3. The molecule has 1 aliphatic carbocycles. The van der Waals surface area contributed by atoms with Crippen LogP contribution in [0.3, 0.4) is 0 Å². The van der Waals surface area contributed by atoms with Crippen LogP contribution in [0, 0.1) is 12.8 Å². The minimum absolute atomic E-state index is 0.0376. The lowest BCUT2D eigenvalue weighted by molar-refractivity contribution is -0.135. The summed E-state index contributed by atoms with van der Waals surface area (Å²) in [6.07, 6.45) is 2.13. The highest BCUT2D eigenvalue weighted by Gasteiger charge is 2.32. The molecule has 2 fully saturated rings. The minimum atomic E-state index is -0.193. The van der Waals surface area contributed by atoms with Crippen molar-refractivity contribution in [3.63, 3.8) is 0 Å². The fraction of sp³-hybridized carbons (Fsp3) is 0.611. The second kappa shape index (κ2) is 7.32. The molecule has 1 amide bonds. The number of hydrogen-bond acceptors (Lipinski definition) is 4. The topological polar surface area (TPSA) is 53.0 Å². The SMILES string of the molecule is Cc1ccccc1OCC(=O)N1CCN(C[C@H](O)C2CC2)CC1. The number of aliphatic hydroxyl groups is 1. The van der Waals surface area contributed by atoms with Gasteiger partial charge in [-0.05, 0) is 37.3 Å². The van der Waals surface area contributed by atoms with Crippen LogP contribution in [0.1, 0.15) is 18.4 Å². The number of ether oxygens (including phenoxy) is 1. The molecule has 3 rings (SSSR count). The summed E-state index contributed by atoms with van der Waals surface area (Å²) in [5, 5.41) is 10.0. The van der Waals surface area contributed by atoms with Crippen molar-refractivity contribution in [3.8, 4) is 5.75 Å². The van der Waals surface area contributed by atoms with Gasteiger partial charge in [-0.15, -0.1) is 0 Å². The highest BCUT2D eigenvalue weighted by atomic mass is 16.5. The summed E-state index contributed by atoms with van der Waals surface area (Å²) in [6.45, 7) is 5.91. The van der Waals surface area contributed by atoms with Gasteiger partial charge in [0, 0.05) is 32.7 Å². The molecule has 0 radical (unpaired) electrons. The number of aryl methyl sites for hydroxylation is 1. The van der Waals surface area contributed by atoms with Crippen molar-refractivity contribution in [1.82, 2.24) is 9.80 Å². The molecule has 1 N–H and O–H groups in total. The van der Waals surface area contributed by atoms with Crippen LogP contribution < -0.4 is 4.74 Å². The van der Waals surface area contributed by atoms with E-state index >= 15 is 0 Å². The van der Waals surface area contributed by atoms with Crippen molar-refractivity contribution in [2.75, 3.05) is 39.3 Å². The lowest BCUT2D eigenvalue weighted by atomic mass is 10.2. The summed E-state index contributed by atoms with van der Waals surface area (Å²) in [4.78, 5) is 16.4. The van der Waals surface area contributed by atoms with Crippen molar-refractivity contribution in [2.45, 2.75) is 25.9 Å². The zero-order chi connectivity index (χ0) is 16.2. The maximum absolute atomic E-state index is 12.3. The van der Waals surface area contributed by atoms with E-state index in [4.69, 9.17) is 4.74 Å². The molecule has 1 heterocycles. The molecule has 1 saturated carbocycles. The van der Waals surface area contributed by atoms with Gasteiger partial charge >= 0.3 is 0 Å². The molecule has 0 bridgehead atoms. The number of aliphatic hydroxyl groups excluding tert-OH is 1. The van der Waals surface area contributed by atoms with E-state index in [1.807, 2.05) is 36.1 Å². The van der Waals surface area contributed by atoms with E-state index < -0.39 is 0 Å². The number of benzene rings is 1. The van der Waals surface area contributed by atoms with E-state index in [2.05, 4.69) is 4.90 Å². The van der Waals surface area contributed by atoms with E-state index in [0.29, 0.717) is 19.0 Å². The lowest BCUT2D eigenvalue weighted by Crippen LogP contribution is -2.51. The molecule has 5 nitrogen and oxygen atoms in total. The second-order valence-electron chi connectivity index (χ2n) is 6.64. The smallest absolute Gasteiger partial charge is 0.260 e. The predicted octanol–water partition coefficient (Wildman–Crippen LogP) is 1.29. The molecule has 0 unspecified atom stereocenters. The monoisotopic (exact) mass is 318 g/mol. The third-order valence-corrected chi connectivity index (χ3v) is 4.78. The third kappa shape index (κ3) is 4.45. The van der Waals surface area contributed by atoms with E-state index in [9.17, 15) is 9.90 Å². The van der Waals surface area contributed by atoms with Gasteiger partial charge in [-0.1, -0.05) is 18.2 Å². The van der Waals surface area contributed by atoms with Crippen LogP contribution >= 0.6 is 0 Å². The summed E-state index contributed by atoms with van der Waals surface area (Å²) >= 11 is 0. The van der Waals surface area contributed by atoms with Crippen molar-refractivity contribution in [1.29, 1.82) is 0 Å². The Bertz CT molecular complexity index is 537. The molecule has 0 spiro atoms. The Kier molecular flexibility index (Phi) is 5.18. The maximum Gasteiger partial charge on any atom is 0.260 e. The van der Waals surface area contributed by atoms with Crippen molar-refractivity contribution < 1.29 is 14.6 Å². The van der Waals surface area contributed by atoms with E-state index in [0.717, 1.165) is 43.8 Å². The van der Waals surface area contributed by atoms with Gasteiger partial charge in [0.1, 0.15) is 5.75 Å². The van der Waals surface area contributed by atoms with Gasteiger partial charge in [0.15, 0.2) is 6.61 Å². The minimum Gasteiger partial charge on any atom is -0.484 e. The van der Waals surface area contributed by atoms with Crippen LogP contribution in [0.4, 0.5) is 0 Å². The van der Waals surface area contributed by atoms with Crippen molar-refractivity contribution in [3.05, 3.63) is 29.8 Å². The summed E-state index contributed by atoms with van der Waals surface area (Å²) in [5.74, 6) is 1.32. The van der Waals surface area contributed by atoms with Crippen LogP contribution in [0.5, 0.6) is 5.75 Å². The Labute approximate surface area is 137 Å². The Morgan fingerprint density at radius 3 is 2.61 bits per heavy atom. The van der Waals surface area contributed by atoms with Crippen LogP contribution in [0.15, 0.2) is 24.3 Å². The number of carbonyl (C=O) groups is 1. The highest BCUT2D eigenvalue weighted by Crippen LogP contribution is 2.32. The molecular formula is C18H26N2O3. The Balaban J connectivity index is 1.40. The normalized spacial score (nSPS) is 20.3. The first-order valence-corrected chi connectivity index (χ1v) is 8.50. The predicted molar refractivity (Wildman–Crippen MR) is 88.4 cm³/mol. The summed E-state index contributed by atoms with van der Waals surface area (Å²) in [7, 11) is 0. The average molecular weight is 318 g/mol. The molecule has 23 heavy (non-hydrogen) atoms. The fourth-order valence-corrected chi connectivity index (χ4v) is 3.02. The molecule has 0 aromatic heterocycles. The van der Waals surface area contributed by atoms with Gasteiger partial charge in [0.2, 0.25) is 0 Å². The highest BCUT2D eigenvalue weighted by molar-refractivity contribution is 5.78. The zero-order valence-electron chi connectivity index (χ0n) is 13.8. The van der Waals surface area contributed by atoms with Crippen LogP contribution in [0.25, 0.3) is 0 Å². The van der Waals surface area contributed by atoms with Crippen LogP contribution in [-0.4, -0.2) is 66.2 Å². The quantitative estimate of drug-likeness (QED) is 0.859. The number of β-amino-alcohol motifs (C(OH)–C–C–N with tert-alkyl or cyclic N) is 1. The Morgan fingerprint density at radius 1 is 1.26 bits per heavy atom. The van der Waals surface area contributed by atoms with Crippen molar-refractivity contribution >= 4 is 5.91 Å². The van der Waals surface area contributed by atoms with Gasteiger partial charge in [-0.25, -0.2) is 0 Å². The molecule has 5 heteroatoms. The second-order valence-corrected chi connectivity index (χ2v) is 6.64. The standard InChI is InChI=1S/C18H26N2O3/c1-14-4-2-3-5-17(14)23-13-18(22)20-10-8-19(9-11-20)12-16(21)15-6-7-15/h2-5,15-16,21H,6-13H2,1H3/t16-/m0/s1. The molecule has 1 aromatic rings. The summed E-state index contributed by atoms with van der Waals surface area (Å²) < 4.78 is 5.64. The number of amides is 1. The average Bonchev–Trinajstić information content (AvgIpc) is 3.39. The zero-order valence-corrected chi connectivity index (χ0v) is 13.8. The first-order valence-electron chi connectivity index (χ1n) is 8.50. The van der Waals surface area contributed by atoms with Gasteiger partial charge in [0.05, 0.1) is 6.10 Å². The van der Waals surface area contributed by atoms with E-state index in [1.54, 1.807) is 0 Å². The van der Waals surface area contributed by atoms with Gasteiger partial charge in [-0.2, -0.15) is 0 Å². The molecule has 2 aliphatic rings. The number of piperazine rings is 1. The maximum atomic E-state index is 12.3. The Morgan fingerprint density at radius 2 is 1.96 bits per heavy atom. The van der Waals surface area contributed by atoms with Gasteiger partial charge in [0.25, 0.3) is 5.91 Å². The number of carbonyl (C=O) groups excluding carboxylic acids is 1. The molecule has 1 aromatic carbocycles. The molecule has 126 valence electrons. The molecule has 1 atom stereocenters. The molecule has 1 saturated heterocycles. The number of rotatable bonds is 6. The molecule has 1 aliphatic heterocycles. The van der Waals surface area contributed by atoms with Gasteiger partial charge in [-0.3, -0.25) is 9.69 Å². The largest absolute Gasteiger partial charge is 0.484 e. The number of para-hydroxylation sites is 1. The first-order chi connectivity index (χ1) is 11.1. The fourth-order valence-electron chi connectivity index (χ4n) is 3.02. The van der Waals surface area contributed by atoms with Crippen molar-refractivity contribution in [2.24, 2.45) is 5.92 Å². The van der Waals surface area contributed by atoms with Crippen LogP contribution in [0.2, 0.25) is 0 Å². The van der Waals surface area contributed by atoms with Gasteiger partial charge < -0.3 is 14.7 Å². The lowest BCUT2D eigenvalue weighted by Gasteiger charge is -2.35. The third-order valence-electron chi connectivity index (χ3n) is 4.78. The number of nitrogens with zero attached hydrogens (tertiary/aromatic N) is 2. The summed E-state index contributed by atoms with van der Waals surface area (Å²) in [6, 6.07) is 7.74. The van der Waals surface area contributed by atoms with E-state index in [1.165, 1.54) is 0 Å². The molecular weight excluding hydrogens is 292 g/mol. The van der Waals surface area contributed by atoms with E-state index in [-0.39, 0.29) is 18.6 Å². The number of hydrogen-bond donors (Lipinski definition) is 1. The van der Waals surface area contributed by atoms with Crippen LogP contribution in [-0.2, 0) is 4.79 Å². The Hall–Kier alpha value is -1.59.